The lowest BCUT2D eigenvalue weighted by atomic mass is 10.0. The van der Waals surface area contributed by atoms with Crippen molar-refractivity contribution in [2.24, 2.45) is 0 Å². The number of rotatable bonds is 5. The number of para-hydroxylation sites is 1. The Kier molecular flexibility index (Phi) is 5.59. The number of carboxylic acid groups (broad SMARTS) is 1. The number of amides is 3. The molecule has 0 aromatic heterocycles. The second kappa shape index (κ2) is 7.91. The van der Waals surface area contributed by atoms with E-state index in [1.807, 2.05) is 0 Å². The highest BCUT2D eigenvalue weighted by Crippen LogP contribution is 2.26. The minimum atomic E-state index is -1.42. The normalized spacial score (nSPS) is 25.3. The summed E-state index contributed by atoms with van der Waals surface area (Å²) in [5.74, 6) is -2.02. The summed E-state index contributed by atoms with van der Waals surface area (Å²) in [7, 11) is 0. The predicted octanol–water partition coefficient (Wildman–Crippen LogP) is 1.25. The monoisotopic (exact) mass is 379 g/mol. The number of urea groups is 1. The Morgan fingerprint density at radius 3 is 2.78 bits per heavy atom. The van der Waals surface area contributed by atoms with Gasteiger partial charge in [-0.1, -0.05) is 12.1 Å². The number of anilines is 1. The number of nitrogens with zero attached hydrogens (tertiary/aromatic N) is 1. The lowest BCUT2D eigenvalue weighted by molar-refractivity contribution is -0.159. The van der Waals surface area contributed by atoms with Crippen LogP contribution >= 0.6 is 0 Å². The van der Waals surface area contributed by atoms with Crippen molar-refractivity contribution in [2.45, 2.75) is 37.3 Å². The molecule has 9 heteroatoms. The molecular formula is C18H22FN3O5. The van der Waals surface area contributed by atoms with Crippen LogP contribution in [0.25, 0.3) is 0 Å². The summed E-state index contributed by atoms with van der Waals surface area (Å²) in [5, 5.41) is 14.4. The summed E-state index contributed by atoms with van der Waals surface area (Å²) in [6.45, 7) is 0.510. The highest BCUT2D eigenvalue weighted by molar-refractivity contribution is 5.99. The maximum atomic E-state index is 14.0. The standard InChI is InChI=1S/C18H22FN3O5/c19-12-5-1-2-7-14(12)22-9-3-6-13(15(22)23)21-17(26)20-11-18(16(24)25)8-4-10-27-18/h1-2,5,7,13H,3-4,6,8-11H2,(H,24,25)(H2,20,21,26). The van der Waals surface area contributed by atoms with Gasteiger partial charge in [0.2, 0.25) is 5.91 Å². The van der Waals surface area contributed by atoms with E-state index in [1.54, 1.807) is 12.1 Å². The average Bonchev–Trinajstić information content (AvgIpc) is 3.13. The second-order valence-electron chi connectivity index (χ2n) is 6.71. The first-order valence-corrected chi connectivity index (χ1v) is 8.90. The molecule has 1 aromatic rings. The van der Waals surface area contributed by atoms with Crippen molar-refractivity contribution in [3.8, 4) is 0 Å². The Bertz CT molecular complexity index is 735. The topological polar surface area (TPSA) is 108 Å². The minimum Gasteiger partial charge on any atom is -0.479 e. The molecule has 0 saturated carbocycles. The molecule has 0 radical (unpaired) electrons. The van der Waals surface area contributed by atoms with Gasteiger partial charge in [-0.15, -0.1) is 0 Å². The first kappa shape index (κ1) is 19.1. The zero-order valence-corrected chi connectivity index (χ0v) is 14.7. The Morgan fingerprint density at radius 1 is 1.33 bits per heavy atom. The molecule has 3 rings (SSSR count). The average molecular weight is 379 g/mol. The molecule has 0 spiro atoms. The second-order valence-corrected chi connectivity index (χ2v) is 6.71. The van der Waals surface area contributed by atoms with Crippen LogP contribution in [0.3, 0.4) is 0 Å². The lowest BCUT2D eigenvalue weighted by Gasteiger charge is -2.33. The summed E-state index contributed by atoms with van der Waals surface area (Å²) in [4.78, 5) is 37.6. The number of carbonyl (C=O) groups is 3. The van der Waals surface area contributed by atoms with Crippen LogP contribution < -0.4 is 15.5 Å². The van der Waals surface area contributed by atoms with Gasteiger partial charge < -0.3 is 25.4 Å². The molecule has 8 nitrogen and oxygen atoms in total. The summed E-state index contributed by atoms with van der Waals surface area (Å²) >= 11 is 0. The number of carboxylic acids is 1. The summed E-state index contributed by atoms with van der Waals surface area (Å²) in [5.41, 5.74) is -1.24. The summed E-state index contributed by atoms with van der Waals surface area (Å²) in [6.07, 6.45) is 1.95. The fraction of sp³-hybridized carbons (Fsp3) is 0.500. The van der Waals surface area contributed by atoms with E-state index in [0.717, 1.165) is 0 Å². The van der Waals surface area contributed by atoms with Crippen molar-refractivity contribution in [1.29, 1.82) is 0 Å². The number of carbonyl (C=O) groups excluding carboxylic acids is 2. The Morgan fingerprint density at radius 2 is 2.11 bits per heavy atom. The van der Waals surface area contributed by atoms with Crippen molar-refractivity contribution >= 4 is 23.6 Å². The van der Waals surface area contributed by atoms with E-state index in [1.165, 1.54) is 17.0 Å². The van der Waals surface area contributed by atoms with Crippen LogP contribution in [0.1, 0.15) is 25.7 Å². The van der Waals surface area contributed by atoms with E-state index < -0.39 is 35.4 Å². The fourth-order valence-corrected chi connectivity index (χ4v) is 3.43. The van der Waals surface area contributed by atoms with Crippen LogP contribution in [0.15, 0.2) is 24.3 Å². The molecular weight excluding hydrogens is 357 g/mol. The van der Waals surface area contributed by atoms with E-state index in [9.17, 15) is 23.9 Å². The van der Waals surface area contributed by atoms with Crippen molar-refractivity contribution in [3.63, 3.8) is 0 Å². The number of aliphatic carboxylic acids is 1. The molecule has 27 heavy (non-hydrogen) atoms. The zero-order valence-electron chi connectivity index (χ0n) is 14.7. The van der Waals surface area contributed by atoms with Crippen LogP contribution in [-0.2, 0) is 14.3 Å². The highest BCUT2D eigenvalue weighted by atomic mass is 19.1. The van der Waals surface area contributed by atoms with Gasteiger partial charge in [-0.3, -0.25) is 4.79 Å². The van der Waals surface area contributed by atoms with Crippen LogP contribution in [0.4, 0.5) is 14.9 Å². The number of nitrogens with one attached hydrogen (secondary N) is 2. The van der Waals surface area contributed by atoms with Crippen molar-refractivity contribution in [3.05, 3.63) is 30.1 Å². The van der Waals surface area contributed by atoms with Gasteiger partial charge in [0.05, 0.1) is 12.2 Å². The Labute approximate surface area is 155 Å². The molecule has 2 heterocycles. The van der Waals surface area contributed by atoms with Gasteiger partial charge >= 0.3 is 12.0 Å². The first-order valence-electron chi connectivity index (χ1n) is 8.90. The molecule has 3 N–H and O–H groups in total. The van der Waals surface area contributed by atoms with Gasteiger partial charge in [0, 0.05) is 13.2 Å². The number of benzene rings is 1. The van der Waals surface area contributed by atoms with Crippen molar-refractivity contribution < 1.29 is 28.6 Å². The summed E-state index contributed by atoms with van der Waals surface area (Å²) in [6, 6.07) is 4.52. The van der Waals surface area contributed by atoms with Crippen molar-refractivity contribution in [1.82, 2.24) is 10.6 Å². The van der Waals surface area contributed by atoms with Crippen LogP contribution in [0, 0.1) is 5.82 Å². The predicted molar refractivity (Wildman–Crippen MR) is 93.9 cm³/mol. The Balaban J connectivity index is 1.60. The molecule has 2 atom stereocenters. The maximum Gasteiger partial charge on any atom is 0.337 e. The zero-order chi connectivity index (χ0) is 19.4. The molecule has 2 fully saturated rings. The number of hydrogen-bond acceptors (Lipinski definition) is 4. The lowest BCUT2D eigenvalue weighted by Crippen LogP contribution is -2.57. The van der Waals surface area contributed by atoms with E-state index in [4.69, 9.17) is 4.74 Å². The molecule has 2 unspecified atom stereocenters. The van der Waals surface area contributed by atoms with E-state index in [-0.39, 0.29) is 12.2 Å². The van der Waals surface area contributed by atoms with Gasteiger partial charge in [-0.2, -0.15) is 0 Å². The third-order valence-corrected chi connectivity index (χ3v) is 4.91. The van der Waals surface area contributed by atoms with E-state index >= 15 is 0 Å². The van der Waals surface area contributed by atoms with Crippen molar-refractivity contribution in [2.75, 3.05) is 24.6 Å². The maximum absolute atomic E-state index is 14.0. The number of piperidine rings is 1. The number of ether oxygens (including phenoxy) is 1. The molecule has 2 aliphatic rings. The SMILES string of the molecule is O=C(NCC1(C(=O)O)CCCO1)NC1CCCN(c2ccccc2F)C1=O. The van der Waals surface area contributed by atoms with E-state index in [2.05, 4.69) is 10.6 Å². The molecule has 3 amide bonds. The Hall–Kier alpha value is -2.68. The smallest absolute Gasteiger partial charge is 0.337 e. The minimum absolute atomic E-state index is 0.179. The number of halogens is 1. The summed E-state index contributed by atoms with van der Waals surface area (Å²) < 4.78 is 19.3. The number of hydrogen-bond donors (Lipinski definition) is 3. The first-order chi connectivity index (χ1) is 12.9. The van der Waals surface area contributed by atoms with Gasteiger partial charge in [0.25, 0.3) is 0 Å². The largest absolute Gasteiger partial charge is 0.479 e. The highest BCUT2D eigenvalue weighted by Gasteiger charge is 2.43. The van der Waals surface area contributed by atoms with Gasteiger partial charge in [0.15, 0.2) is 5.60 Å². The van der Waals surface area contributed by atoms with Gasteiger partial charge in [0.1, 0.15) is 11.9 Å². The molecule has 0 aliphatic carbocycles. The molecule has 0 bridgehead atoms. The van der Waals surface area contributed by atoms with Crippen LogP contribution in [-0.4, -0.2) is 54.4 Å². The van der Waals surface area contributed by atoms with Crippen LogP contribution in [0.2, 0.25) is 0 Å². The van der Waals surface area contributed by atoms with Gasteiger partial charge in [-0.25, -0.2) is 14.0 Å². The molecule has 146 valence electrons. The molecule has 2 aliphatic heterocycles. The fourth-order valence-electron chi connectivity index (χ4n) is 3.43. The quantitative estimate of drug-likeness (QED) is 0.714. The van der Waals surface area contributed by atoms with Gasteiger partial charge in [-0.05, 0) is 37.8 Å². The van der Waals surface area contributed by atoms with Crippen LogP contribution in [0.5, 0.6) is 0 Å². The third-order valence-electron chi connectivity index (χ3n) is 4.91. The third kappa shape index (κ3) is 4.02. The van der Waals surface area contributed by atoms with E-state index in [0.29, 0.717) is 38.8 Å². The molecule has 2 saturated heterocycles. The molecule has 1 aromatic carbocycles.